The molecule has 0 atom stereocenters. The lowest BCUT2D eigenvalue weighted by molar-refractivity contribution is -0.131. The van der Waals surface area contributed by atoms with Gasteiger partial charge >= 0.3 is 5.97 Å². The van der Waals surface area contributed by atoms with Crippen LogP contribution in [0.2, 0.25) is 19.6 Å². The lowest BCUT2D eigenvalue weighted by Crippen LogP contribution is -2.29. The lowest BCUT2D eigenvalue weighted by Gasteiger charge is -2.18. The second kappa shape index (κ2) is 6.01. The van der Waals surface area contributed by atoms with Gasteiger partial charge in [-0.05, 0) is 32.5 Å². The molecule has 14 heavy (non-hydrogen) atoms. The van der Waals surface area contributed by atoms with E-state index >= 15 is 0 Å². The van der Waals surface area contributed by atoms with Crippen molar-refractivity contribution < 1.29 is 9.22 Å². The highest BCUT2D eigenvalue weighted by atomic mass is 28.4. The molecule has 0 rings (SSSR count). The molecule has 0 saturated carbocycles. The summed E-state index contributed by atoms with van der Waals surface area (Å²) in [5, 5.41) is 0. The van der Waals surface area contributed by atoms with Crippen molar-refractivity contribution in [3.8, 4) is 0 Å². The van der Waals surface area contributed by atoms with Crippen LogP contribution in [-0.4, -0.2) is 14.3 Å². The highest BCUT2D eigenvalue weighted by Crippen LogP contribution is 2.12. The number of rotatable bonds is 5. The van der Waals surface area contributed by atoms with Crippen molar-refractivity contribution in [2.75, 3.05) is 0 Å². The highest BCUT2D eigenvalue weighted by Gasteiger charge is 2.21. The third-order valence-corrected chi connectivity index (χ3v) is 2.43. The van der Waals surface area contributed by atoms with Gasteiger partial charge in [-0.2, -0.15) is 0 Å². The van der Waals surface area contributed by atoms with Gasteiger partial charge in [0.05, 0.1) is 0 Å². The van der Waals surface area contributed by atoms with Gasteiger partial charge in [0.2, 0.25) is 8.32 Å². The zero-order valence-corrected chi connectivity index (χ0v) is 11.0. The molecule has 0 fully saturated rings. The summed E-state index contributed by atoms with van der Waals surface area (Å²) in [6.45, 7) is 10.2. The monoisotopic (exact) mass is 214 g/mol. The molecular weight excluding hydrogens is 192 g/mol. The fourth-order valence-electron chi connectivity index (χ4n) is 1.15. The van der Waals surface area contributed by atoms with Crippen LogP contribution in [0.5, 0.6) is 0 Å². The smallest absolute Gasteiger partial charge is 0.320 e. The van der Waals surface area contributed by atoms with Crippen molar-refractivity contribution in [2.24, 2.45) is 0 Å². The molecule has 3 heteroatoms. The van der Waals surface area contributed by atoms with E-state index < -0.39 is 8.32 Å². The predicted octanol–water partition coefficient (Wildman–Crippen LogP) is 3.50. The number of carbonyl (C=O) groups is 1. The van der Waals surface area contributed by atoms with Gasteiger partial charge in [-0.15, -0.1) is 0 Å². The van der Waals surface area contributed by atoms with E-state index in [-0.39, 0.29) is 5.97 Å². The zero-order valence-electron chi connectivity index (χ0n) is 10.0. The third kappa shape index (κ3) is 5.97. The molecule has 0 N–H and O–H groups in total. The molecule has 0 aromatic rings. The summed E-state index contributed by atoms with van der Waals surface area (Å²) in [6, 6.07) is 0. The third-order valence-electron chi connectivity index (χ3n) is 1.63. The van der Waals surface area contributed by atoms with Crippen LogP contribution in [0.15, 0.2) is 11.6 Å². The molecule has 0 amide bonds. The standard InChI is InChI=1S/C11H22O2Si/c1-6-8-10(9-7-2)11(12)13-14(3,4)5/h8H,6-7,9H2,1-5H3/b10-8-. The quantitative estimate of drug-likeness (QED) is 0.517. The van der Waals surface area contributed by atoms with Crippen LogP contribution in [0.4, 0.5) is 0 Å². The first-order valence-corrected chi connectivity index (χ1v) is 8.74. The number of hydrogen-bond acceptors (Lipinski definition) is 2. The molecule has 0 radical (unpaired) electrons. The average Bonchev–Trinajstić information content (AvgIpc) is 2.01. The zero-order chi connectivity index (χ0) is 11.2. The van der Waals surface area contributed by atoms with Crippen LogP contribution in [0.3, 0.4) is 0 Å². The lowest BCUT2D eigenvalue weighted by atomic mass is 10.1. The number of carbonyl (C=O) groups excluding carboxylic acids is 1. The van der Waals surface area contributed by atoms with Gasteiger partial charge in [0.1, 0.15) is 0 Å². The molecule has 0 aliphatic heterocycles. The molecule has 2 nitrogen and oxygen atoms in total. The van der Waals surface area contributed by atoms with Gasteiger partial charge in [-0.25, -0.2) is 4.79 Å². The molecule has 0 heterocycles. The first kappa shape index (κ1) is 13.4. The van der Waals surface area contributed by atoms with E-state index in [1.165, 1.54) is 0 Å². The molecule has 0 aliphatic carbocycles. The Balaban J connectivity index is 4.38. The molecule has 0 bridgehead atoms. The van der Waals surface area contributed by atoms with Gasteiger partial charge in [0.15, 0.2) is 0 Å². The average molecular weight is 214 g/mol. The fourth-order valence-corrected chi connectivity index (χ4v) is 1.83. The first-order valence-electron chi connectivity index (χ1n) is 5.33. The summed E-state index contributed by atoms with van der Waals surface area (Å²) in [6.07, 6.45) is 4.70. The molecule has 0 unspecified atom stereocenters. The van der Waals surface area contributed by atoms with Crippen LogP contribution in [0, 0.1) is 0 Å². The van der Waals surface area contributed by atoms with Crippen molar-refractivity contribution in [3.63, 3.8) is 0 Å². The van der Waals surface area contributed by atoms with E-state index in [4.69, 9.17) is 4.43 Å². The molecule has 0 spiro atoms. The summed E-state index contributed by atoms with van der Waals surface area (Å²) in [7, 11) is -1.73. The molecule has 82 valence electrons. The minimum absolute atomic E-state index is 0.104. The Kier molecular flexibility index (Phi) is 5.77. The Labute approximate surface area is 88.5 Å². The van der Waals surface area contributed by atoms with Gasteiger partial charge in [0.25, 0.3) is 0 Å². The maximum Gasteiger partial charge on any atom is 0.320 e. The van der Waals surface area contributed by atoms with Crippen LogP contribution in [0.25, 0.3) is 0 Å². The van der Waals surface area contributed by atoms with E-state index in [9.17, 15) is 4.79 Å². The Morgan fingerprint density at radius 1 is 1.29 bits per heavy atom. The molecule has 0 aromatic heterocycles. The minimum atomic E-state index is -1.73. The van der Waals surface area contributed by atoms with Crippen molar-refractivity contribution in [2.45, 2.75) is 52.8 Å². The summed E-state index contributed by atoms with van der Waals surface area (Å²) in [4.78, 5) is 11.7. The Morgan fingerprint density at radius 2 is 1.86 bits per heavy atom. The van der Waals surface area contributed by atoms with E-state index in [2.05, 4.69) is 6.92 Å². The normalized spacial score (nSPS) is 12.8. The fraction of sp³-hybridized carbons (Fsp3) is 0.727. The second-order valence-corrected chi connectivity index (χ2v) is 8.82. The summed E-state index contributed by atoms with van der Waals surface area (Å²) in [5.41, 5.74) is 0.845. The summed E-state index contributed by atoms with van der Waals surface area (Å²) < 4.78 is 5.44. The van der Waals surface area contributed by atoms with Crippen molar-refractivity contribution in [1.82, 2.24) is 0 Å². The van der Waals surface area contributed by atoms with Crippen LogP contribution in [-0.2, 0) is 9.22 Å². The highest BCUT2D eigenvalue weighted by molar-refractivity contribution is 6.71. The van der Waals surface area contributed by atoms with Crippen molar-refractivity contribution >= 4 is 14.3 Å². The second-order valence-electron chi connectivity index (χ2n) is 4.39. The van der Waals surface area contributed by atoms with Crippen molar-refractivity contribution in [1.29, 1.82) is 0 Å². The van der Waals surface area contributed by atoms with Gasteiger partial charge in [-0.1, -0.05) is 26.3 Å². The molecule has 0 aliphatic rings. The molecule has 0 aromatic carbocycles. The topological polar surface area (TPSA) is 26.3 Å². The van der Waals surface area contributed by atoms with Crippen molar-refractivity contribution in [3.05, 3.63) is 11.6 Å². The van der Waals surface area contributed by atoms with Gasteiger partial charge < -0.3 is 4.43 Å². The Morgan fingerprint density at radius 3 is 2.21 bits per heavy atom. The maximum absolute atomic E-state index is 11.7. The SMILES string of the molecule is CC/C=C(/CCC)C(=O)O[Si](C)(C)C. The number of allylic oxidation sites excluding steroid dienone is 1. The molecular formula is C11H22O2Si. The van der Waals surface area contributed by atoms with E-state index in [1.807, 2.05) is 32.6 Å². The van der Waals surface area contributed by atoms with Gasteiger partial charge in [-0.3, -0.25) is 0 Å². The molecule has 0 saturated heterocycles. The minimum Gasteiger partial charge on any atom is -0.517 e. The largest absolute Gasteiger partial charge is 0.517 e. The van der Waals surface area contributed by atoms with Crippen LogP contribution >= 0.6 is 0 Å². The Bertz CT molecular complexity index is 214. The van der Waals surface area contributed by atoms with E-state index in [0.717, 1.165) is 24.8 Å². The Hall–Kier alpha value is -0.573. The summed E-state index contributed by atoms with van der Waals surface area (Å²) in [5.74, 6) is -0.104. The first-order chi connectivity index (χ1) is 6.40. The van der Waals surface area contributed by atoms with E-state index in [0.29, 0.717) is 0 Å². The van der Waals surface area contributed by atoms with Gasteiger partial charge in [0, 0.05) is 5.57 Å². The van der Waals surface area contributed by atoms with E-state index in [1.54, 1.807) is 0 Å². The summed E-state index contributed by atoms with van der Waals surface area (Å²) >= 11 is 0. The van der Waals surface area contributed by atoms with Crippen LogP contribution < -0.4 is 0 Å². The number of hydrogen-bond donors (Lipinski definition) is 0. The van der Waals surface area contributed by atoms with Crippen LogP contribution in [0.1, 0.15) is 33.1 Å². The predicted molar refractivity (Wildman–Crippen MR) is 62.7 cm³/mol. The maximum atomic E-state index is 11.7.